The second-order valence-corrected chi connectivity index (χ2v) is 9.95. The lowest BCUT2D eigenvalue weighted by Crippen LogP contribution is -2.34. The van der Waals surface area contributed by atoms with E-state index in [1.165, 1.54) is 5.56 Å². The van der Waals surface area contributed by atoms with Crippen molar-refractivity contribution in [2.45, 2.75) is 26.2 Å². The summed E-state index contributed by atoms with van der Waals surface area (Å²) in [7, 11) is 0. The van der Waals surface area contributed by atoms with E-state index in [1.807, 2.05) is 60.7 Å². The number of benzene rings is 4. The molecule has 1 atom stereocenters. The number of anilines is 1. The van der Waals surface area contributed by atoms with E-state index >= 15 is 0 Å². The number of rotatable bonds is 5. The second kappa shape index (κ2) is 10.2. The Bertz CT molecular complexity index is 1610. The highest BCUT2D eigenvalue weighted by atomic mass is 79.9. The van der Waals surface area contributed by atoms with Crippen LogP contribution in [0, 0.1) is 0 Å². The van der Waals surface area contributed by atoms with E-state index in [0.29, 0.717) is 17.4 Å². The zero-order valence-electron chi connectivity index (χ0n) is 19.8. The molecule has 0 radical (unpaired) electrons. The van der Waals surface area contributed by atoms with E-state index < -0.39 is 0 Å². The second-order valence-electron chi connectivity index (χ2n) is 8.69. The number of hydrogen-bond acceptors (Lipinski definition) is 4. The molecule has 0 unspecified atom stereocenters. The number of amides is 1. The van der Waals surface area contributed by atoms with Gasteiger partial charge in [-0.2, -0.15) is 0 Å². The smallest absolute Gasteiger partial charge is 0.258 e. The molecule has 7 heteroatoms. The van der Waals surface area contributed by atoms with Gasteiger partial charge in [0, 0.05) is 21.3 Å². The Kier molecular flexibility index (Phi) is 6.85. The summed E-state index contributed by atoms with van der Waals surface area (Å²) in [6, 6.07) is 25.1. The Labute approximate surface area is 223 Å². The van der Waals surface area contributed by atoms with Crippen LogP contribution in [0.5, 0.6) is 0 Å². The van der Waals surface area contributed by atoms with Gasteiger partial charge in [0.2, 0.25) is 5.89 Å². The summed E-state index contributed by atoms with van der Waals surface area (Å²) in [5.41, 5.74) is 4.93. The highest BCUT2D eigenvalue weighted by Gasteiger charge is 2.14. The summed E-state index contributed by atoms with van der Waals surface area (Å²) in [5.74, 6) is 0.725. The summed E-state index contributed by atoms with van der Waals surface area (Å²) >= 11 is 8.97. The van der Waals surface area contributed by atoms with Crippen LogP contribution in [0.4, 0.5) is 5.69 Å². The number of carbonyl (C=O) groups is 1. The number of hydrogen-bond donors (Lipinski definition) is 2. The van der Waals surface area contributed by atoms with Gasteiger partial charge in [0.15, 0.2) is 10.7 Å². The van der Waals surface area contributed by atoms with Crippen molar-refractivity contribution < 1.29 is 9.21 Å². The number of aromatic nitrogens is 1. The largest absolute Gasteiger partial charge is 0.436 e. The van der Waals surface area contributed by atoms with Crippen LogP contribution in [-0.4, -0.2) is 16.0 Å². The maximum absolute atomic E-state index is 13.0. The average Bonchev–Trinajstić information content (AvgIpc) is 3.32. The molecule has 0 saturated carbocycles. The third kappa shape index (κ3) is 4.90. The highest BCUT2D eigenvalue weighted by Crippen LogP contribution is 2.29. The number of oxazole rings is 1. The lowest BCUT2D eigenvalue weighted by Gasteiger charge is -2.12. The molecule has 2 N–H and O–H groups in total. The molecule has 0 saturated heterocycles. The zero-order valence-corrected chi connectivity index (χ0v) is 22.2. The van der Waals surface area contributed by atoms with Gasteiger partial charge < -0.3 is 9.73 Å². The standard InChI is InChI=1S/C29H24BrN3O2S/c1-3-17(2)18-13-14-26-25(16-18)32-28(35-26)19-7-4-8-20(15-19)31-29(36)33-27(34)23-11-5-10-22-21(23)9-6-12-24(22)30/h4-17H,3H2,1-2H3,(H2,31,33,34,36)/t17-/m0/s1. The summed E-state index contributed by atoms with van der Waals surface area (Å²) in [4.78, 5) is 17.7. The molecule has 36 heavy (non-hydrogen) atoms. The Morgan fingerprint density at radius 3 is 2.64 bits per heavy atom. The summed E-state index contributed by atoms with van der Waals surface area (Å²) in [6.07, 6.45) is 1.07. The Morgan fingerprint density at radius 1 is 1.03 bits per heavy atom. The zero-order chi connectivity index (χ0) is 25.2. The molecule has 0 aliphatic rings. The van der Waals surface area contributed by atoms with Gasteiger partial charge in [-0.1, -0.05) is 66.2 Å². The van der Waals surface area contributed by atoms with Crippen molar-refractivity contribution in [3.8, 4) is 11.5 Å². The SMILES string of the molecule is CC[C@H](C)c1ccc2oc(-c3cccc(NC(=S)NC(=O)c4cccc5c(Br)cccc45)c3)nc2c1. The van der Waals surface area contributed by atoms with E-state index in [9.17, 15) is 4.79 Å². The normalized spacial score (nSPS) is 12.0. The van der Waals surface area contributed by atoms with E-state index in [0.717, 1.165) is 44.0 Å². The summed E-state index contributed by atoms with van der Waals surface area (Å²) in [6.45, 7) is 4.38. The first kappa shape index (κ1) is 24.2. The first-order valence-corrected chi connectivity index (χ1v) is 12.9. The number of halogens is 1. The predicted molar refractivity (Wildman–Crippen MR) is 153 cm³/mol. The predicted octanol–water partition coefficient (Wildman–Crippen LogP) is 8.05. The maximum Gasteiger partial charge on any atom is 0.258 e. The number of nitrogens with one attached hydrogen (secondary N) is 2. The van der Waals surface area contributed by atoms with Crippen molar-refractivity contribution in [1.82, 2.24) is 10.3 Å². The molecule has 0 spiro atoms. The molecule has 0 aliphatic heterocycles. The van der Waals surface area contributed by atoms with Gasteiger partial charge in [0.05, 0.1) is 0 Å². The maximum atomic E-state index is 13.0. The summed E-state index contributed by atoms with van der Waals surface area (Å²) < 4.78 is 6.94. The van der Waals surface area contributed by atoms with Crippen LogP contribution in [0.1, 0.15) is 42.1 Å². The molecule has 1 amide bonds. The van der Waals surface area contributed by atoms with E-state index in [1.54, 1.807) is 6.07 Å². The minimum Gasteiger partial charge on any atom is -0.436 e. The minimum atomic E-state index is -0.275. The molecular weight excluding hydrogens is 534 g/mol. The van der Waals surface area contributed by atoms with Gasteiger partial charge in [-0.25, -0.2) is 4.98 Å². The van der Waals surface area contributed by atoms with Gasteiger partial charge in [-0.3, -0.25) is 10.1 Å². The molecular formula is C29H24BrN3O2S. The number of nitrogens with zero attached hydrogens (tertiary/aromatic N) is 1. The van der Waals surface area contributed by atoms with Gasteiger partial charge >= 0.3 is 0 Å². The fourth-order valence-electron chi connectivity index (χ4n) is 4.14. The molecule has 1 heterocycles. The van der Waals surface area contributed by atoms with E-state index in [4.69, 9.17) is 21.6 Å². The fraction of sp³-hybridized carbons (Fsp3) is 0.138. The molecule has 5 nitrogen and oxygen atoms in total. The highest BCUT2D eigenvalue weighted by molar-refractivity contribution is 9.10. The van der Waals surface area contributed by atoms with Crippen molar-refractivity contribution in [2.75, 3.05) is 5.32 Å². The van der Waals surface area contributed by atoms with Crippen molar-refractivity contribution in [3.05, 3.63) is 94.5 Å². The van der Waals surface area contributed by atoms with Crippen LogP contribution in [0.2, 0.25) is 0 Å². The third-order valence-corrected chi connectivity index (χ3v) is 7.20. The average molecular weight is 559 g/mol. The fourth-order valence-corrected chi connectivity index (χ4v) is 4.85. The van der Waals surface area contributed by atoms with Gasteiger partial charge in [0.1, 0.15) is 5.52 Å². The van der Waals surface area contributed by atoms with Crippen LogP contribution >= 0.6 is 28.1 Å². The minimum absolute atomic E-state index is 0.208. The quantitative estimate of drug-likeness (QED) is 0.214. The molecule has 4 aromatic carbocycles. The number of thiocarbonyl (C=S) groups is 1. The first-order chi connectivity index (χ1) is 17.4. The molecule has 5 rings (SSSR count). The molecule has 0 bridgehead atoms. The number of fused-ring (bicyclic) bond motifs is 2. The lowest BCUT2D eigenvalue weighted by molar-refractivity contribution is 0.0979. The molecule has 0 aliphatic carbocycles. The van der Waals surface area contributed by atoms with Crippen LogP contribution in [0.25, 0.3) is 33.3 Å². The van der Waals surface area contributed by atoms with Crippen LogP contribution in [0.15, 0.2) is 87.8 Å². The van der Waals surface area contributed by atoms with Crippen LogP contribution < -0.4 is 10.6 Å². The third-order valence-electron chi connectivity index (χ3n) is 6.30. The van der Waals surface area contributed by atoms with Crippen LogP contribution in [-0.2, 0) is 0 Å². The molecule has 180 valence electrons. The van der Waals surface area contributed by atoms with Gasteiger partial charge in [-0.15, -0.1) is 0 Å². The molecule has 5 aromatic rings. The Morgan fingerprint density at radius 2 is 1.81 bits per heavy atom. The van der Waals surface area contributed by atoms with Gasteiger partial charge in [-0.05, 0) is 83.4 Å². The van der Waals surface area contributed by atoms with Crippen LogP contribution in [0.3, 0.4) is 0 Å². The molecule has 1 aromatic heterocycles. The Hall–Kier alpha value is -3.55. The first-order valence-electron chi connectivity index (χ1n) is 11.7. The van der Waals surface area contributed by atoms with Crippen molar-refractivity contribution in [2.24, 2.45) is 0 Å². The molecule has 0 fully saturated rings. The topological polar surface area (TPSA) is 67.2 Å². The lowest BCUT2D eigenvalue weighted by atomic mass is 9.98. The Balaban J connectivity index is 1.33. The van der Waals surface area contributed by atoms with E-state index in [2.05, 4.69) is 52.5 Å². The monoisotopic (exact) mass is 557 g/mol. The van der Waals surface area contributed by atoms with Crippen molar-refractivity contribution in [1.29, 1.82) is 0 Å². The van der Waals surface area contributed by atoms with Crippen molar-refractivity contribution in [3.63, 3.8) is 0 Å². The number of carbonyl (C=O) groups excluding carboxylic acids is 1. The van der Waals surface area contributed by atoms with Gasteiger partial charge in [0.25, 0.3) is 5.91 Å². The van der Waals surface area contributed by atoms with E-state index in [-0.39, 0.29) is 11.0 Å². The summed E-state index contributed by atoms with van der Waals surface area (Å²) in [5, 5.41) is 7.91. The van der Waals surface area contributed by atoms with Crippen molar-refractivity contribution >= 4 is 66.7 Å².